The van der Waals surface area contributed by atoms with Crippen LogP contribution in [0, 0.1) is 0 Å². The van der Waals surface area contributed by atoms with E-state index in [1.165, 1.54) is 18.6 Å². The Labute approximate surface area is 151 Å². The Morgan fingerprint density at radius 1 is 1.31 bits per heavy atom. The van der Waals surface area contributed by atoms with E-state index >= 15 is 0 Å². The summed E-state index contributed by atoms with van der Waals surface area (Å²) in [5, 5.41) is 5.41. The minimum Gasteiger partial charge on any atom is -0.472 e. The summed E-state index contributed by atoms with van der Waals surface area (Å²) in [5.74, 6) is -0.526. The number of carbonyl (C=O) groups excluding carboxylic acids is 3. The van der Waals surface area contributed by atoms with Crippen LogP contribution in [0.25, 0.3) is 0 Å². The van der Waals surface area contributed by atoms with Crippen molar-refractivity contribution in [2.24, 2.45) is 0 Å². The van der Waals surface area contributed by atoms with Gasteiger partial charge in [-0.3, -0.25) is 14.4 Å². The van der Waals surface area contributed by atoms with Crippen molar-refractivity contribution in [3.8, 4) is 0 Å². The first-order valence-corrected chi connectivity index (χ1v) is 8.54. The molecule has 0 aliphatic carbocycles. The van der Waals surface area contributed by atoms with Crippen molar-refractivity contribution in [2.75, 3.05) is 11.4 Å². The van der Waals surface area contributed by atoms with Gasteiger partial charge in [0.2, 0.25) is 11.8 Å². The van der Waals surface area contributed by atoms with Crippen LogP contribution in [-0.2, 0) is 16.1 Å². The highest BCUT2D eigenvalue weighted by Gasteiger charge is 2.22. The molecule has 26 heavy (non-hydrogen) atoms. The van der Waals surface area contributed by atoms with Gasteiger partial charge in [0.05, 0.1) is 11.8 Å². The molecule has 0 unspecified atom stereocenters. The molecule has 1 atom stereocenters. The van der Waals surface area contributed by atoms with Gasteiger partial charge in [0.15, 0.2) is 0 Å². The molecule has 3 amide bonds. The monoisotopic (exact) mass is 355 g/mol. The van der Waals surface area contributed by atoms with E-state index in [0.29, 0.717) is 18.5 Å². The van der Waals surface area contributed by atoms with Crippen LogP contribution in [0.15, 0.2) is 47.3 Å². The number of rotatable bonds is 6. The first-order chi connectivity index (χ1) is 12.5. The first kappa shape index (κ1) is 17.7. The van der Waals surface area contributed by atoms with Gasteiger partial charge < -0.3 is 20.0 Å². The molecule has 0 bridgehead atoms. The standard InChI is InChI=1S/C19H21N3O4/c1-13(21-19(25)15-7-9-26-12-15)18(24)20-11-14-4-2-5-16(10-14)22-8-3-6-17(22)23/h2,4-5,7,9-10,12-13H,3,6,8,11H2,1H3,(H,20,24)(H,21,25)/t13-/m1/s1. The van der Waals surface area contributed by atoms with Gasteiger partial charge >= 0.3 is 0 Å². The number of hydrogen-bond donors (Lipinski definition) is 2. The predicted octanol–water partition coefficient (Wildman–Crippen LogP) is 1.84. The number of nitrogens with zero attached hydrogens (tertiary/aromatic N) is 1. The summed E-state index contributed by atoms with van der Waals surface area (Å²) in [6, 6.07) is 8.40. The van der Waals surface area contributed by atoms with Crippen molar-refractivity contribution >= 4 is 23.4 Å². The van der Waals surface area contributed by atoms with Crippen LogP contribution in [0.3, 0.4) is 0 Å². The van der Waals surface area contributed by atoms with Crippen LogP contribution in [0.4, 0.5) is 5.69 Å². The molecule has 3 rings (SSSR count). The van der Waals surface area contributed by atoms with Crippen LogP contribution in [0.2, 0.25) is 0 Å². The third-order valence-corrected chi connectivity index (χ3v) is 4.29. The number of anilines is 1. The van der Waals surface area contributed by atoms with Crippen molar-refractivity contribution in [3.63, 3.8) is 0 Å². The number of amides is 3. The van der Waals surface area contributed by atoms with Crippen molar-refractivity contribution in [1.29, 1.82) is 0 Å². The van der Waals surface area contributed by atoms with Gasteiger partial charge in [0.25, 0.3) is 5.91 Å². The fourth-order valence-electron chi connectivity index (χ4n) is 2.84. The summed E-state index contributed by atoms with van der Waals surface area (Å²) >= 11 is 0. The number of carbonyl (C=O) groups is 3. The van der Waals surface area contributed by atoms with Crippen LogP contribution in [0.5, 0.6) is 0 Å². The van der Waals surface area contributed by atoms with Crippen LogP contribution in [0.1, 0.15) is 35.7 Å². The van der Waals surface area contributed by atoms with Gasteiger partial charge in [-0.2, -0.15) is 0 Å². The third-order valence-electron chi connectivity index (χ3n) is 4.29. The minimum absolute atomic E-state index is 0.127. The first-order valence-electron chi connectivity index (χ1n) is 8.54. The third kappa shape index (κ3) is 4.11. The quantitative estimate of drug-likeness (QED) is 0.827. The summed E-state index contributed by atoms with van der Waals surface area (Å²) in [7, 11) is 0. The molecule has 1 aliphatic rings. The van der Waals surface area contributed by atoms with Gasteiger partial charge in [-0.15, -0.1) is 0 Å². The Balaban J connectivity index is 1.54. The molecule has 1 aromatic carbocycles. The second-order valence-electron chi connectivity index (χ2n) is 6.24. The van der Waals surface area contributed by atoms with E-state index < -0.39 is 6.04 Å². The zero-order chi connectivity index (χ0) is 18.5. The lowest BCUT2D eigenvalue weighted by atomic mass is 10.2. The van der Waals surface area contributed by atoms with Crippen LogP contribution in [-0.4, -0.2) is 30.3 Å². The fraction of sp³-hybridized carbons (Fsp3) is 0.316. The topological polar surface area (TPSA) is 91.7 Å². The second-order valence-corrected chi connectivity index (χ2v) is 6.24. The van der Waals surface area contributed by atoms with E-state index in [0.717, 1.165) is 24.2 Å². The SMILES string of the molecule is C[C@@H](NC(=O)c1ccoc1)C(=O)NCc1cccc(N2CCCC2=O)c1. The molecular weight excluding hydrogens is 334 g/mol. The lowest BCUT2D eigenvalue weighted by molar-refractivity contribution is -0.122. The average molecular weight is 355 g/mol. The van der Waals surface area contributed by atoms with Gasteiger partial charge in [-0.25, -0.2) is 0 Å². The summed E-state index contributed by atoms with van der Waals surface area (Å²) < 4.78 is 4.85. The number of benzene rings is 1. The molecule has 1 saturated heterocycles. The van der Waals surface area contributed by atoms with E-state index in [4.69, 9.17) is 4.42 Å². The predicted molar refractivity (Wildman–Crippen MR) is 95.5 cm³/mol. The molecule has 7 nitrogen and oxygen atoms in total. The Morgan fingerprint density at radius 2 is 2.15 bits per heavy atom. The van der Waals surface area contributed by atoms with Crippen LogP contribution < -0.4 is 15.5 Å². The van der Waals surface area contributed by atoms with Gasteiger partial charge in [-0.1, -0.05) is 12.1 Å². The van der Waals surface area contributed by atoms with Gasteiger partial charge in [0.1, 0.15) is 12.3 Å². The van der Waals surface area contributed by atoms with Crippen molar-refractivity contribution < 1.29 is 18.8 Å². The van der Waals surface area contributed by atoms with E-state index in [1.807, 2.05) is 24.3 Å². The van der Waals surface area contributed by atoms with Crippen LogP contribution >= 0.6 is 0 Å². The van der Waals surface area contributed by atoms with Crippen molar-refractivity contribution in [1.82, 2.24) is 10.6 Å². The second kappa shape index (κ2) is 7.86. The molecule has 1 fully saturated rings. The largest absolute Gasteiger partial charge is 0.472 e. The molecule has 136 valence electrons. The molecule has 2 aromatic rings. The number of nitrogens with one attached hydrogen (secondary N) is 2. The Bertz CT molecular complexity index is 801. The highest BCUT2D eigenvalue weighted by molar-refractivity contribution is 5.97. The lowest BCUT2D eigenvalue weighted by Gasteiger charge is -2.17. The molecule has 0 radical (unpaired) electrons. The normalized spacial score (nSPS) is 15.0. The zero-order valence-corrected chi connectivity index (χ0v) is 14.5. The highest BCUT2D eigenvalue weighted by atomic mass is 16.3. The van der Waals surface area contributed by atoms with Crippen molar-refractivity contribution in [2.45, 2.75) is 32.4 Å². The summed E-state index contributed by atoms with van der Waals surface area (Å²) in [6.45, 7) is 2.67. The fourth-order valence-corrected chi connectivity index (χ4v) is 2.84. The maximum atomic E-state index is 12.2. The molecule has 2 N–H and O–H groups in total. The van der Waals surface area contributed by atoms with E-state index in [1.54, 1.807) is 11.8 Å². The lowest BCUT2D eigenvalue weighted by Crippen LogP contribution is -2.44. The molecule has 0 saturated carbocycles. The maximum Gasteiger partial charge on any atom is 0.255 e. The molecule has 1 aliphatic heterocycles. The molecular formula is C19H21N3O4. The minimum atomic E-state index is -0.680. The Hall–Kier alpha value is -3.09. The molecule has 7 heteroatoms. The van der Waals surface area contributed by atoms with Gasteiger partial charge in [0, 0.05) is 25.2 Å². The average Bonchev–Trinajstić information content (AvgIpc) is 3.31. The van der Waals surface area contributed by atoms with E-state index in [-0.39, 0.29) is 17.7 Å². The Morgan fingerprint density at radius 3 is 2.85 bits per heavy atom. The molecule has 0 spiro atoms. The number of furan rings is 1. The molecule has 2 heterocycles. The maximum absolute atomic E-state index is 12.2. The Kier molecular flexibility index (Phi) is 5.36. The smallest absolute Gasteiger partial charge is 0.255 e. The summed E-state index contributed by atoms with van der Waals surface area (Å²) in [4.78, 5) is 37.7. The summed E-state index contributed by atoms with van der Waals surface area (Å²) in [6.07, 6.45) is 4.17. The van der Waals surface area contributed by atoms with E-state index in [9.17, 15) is 14.4 Å². The van der Waals surface area contributed by atoms with E-state index in [2.05, 4.69) is 10.6 Å². The molecule has 1 aromatic heterocycles. The number of hydrogen-bond acceptors (Lipinski definition) is 4. The van der Waals surface area contributed by atoms with Crippen molar-refractivity contribution in [3.05, 3.63) is 54.0 Å². The highest BCUT2D eigenvalue weighted by Crippen LogP contribution is 2.22. The zero-order valence-electron chi connectivity index (χ0n) is 14.5. The summed E-state index contributed by atoms with van der Waals surface area (Å²) in [5.41, 5.74) is 2.11. The van der Waals surface area contributed by atoms with Gasteiger partial charge in [-0.05, 0) is 37.1 Å².